The van der Waals surface area contributed by atoms with Crippen LogP contribution in [0.1, 0.15) is 5.56 Å². The molecule has 0 N–H and O–H groups in total. The maximum atomic E-state index is 3.82. The average molecular weight is 270 g/mol. The van der Waals surface area contributed by atoms with Gasteiger partial charge >= 0.3 is 0 Å². The van der Waals surface area contributed by atoms with Crippen LogP contribution in [0.25, 0.3) is 22.3 Å². The average Bonchev–Trinajstić information content (AvgIpc) is 2.56. The van der Waals surface area contributed by atoms with E-state index < -0.39 is 0 Å². The van der Waals surface area contributed by atoms with Gasteiger partial charge in [0.25, 0.3) is 0 Å². The summed E-state index contributed by atoms with van der Waals surface area (Å²) in [4.78, 5) is 0. The highest BCUT2D eigenvalue weighted by atomic mass is 14.1. The summed E-state index contributed by atoms with van der Waals surface area (Å²) < 4.78 is 0. The van der Waals surface area contributed by atoms with Crippen molar-refractivity contribution in [2.24, 2.45) is 0 Å². The molecular formula is C21H18. The first kappa shape index (κ1) is 13.4. The first-order chi connectivity index (χ1) is 10.4. The smallest absolute Gasteiger partial charge is 0.00999 e. The summed E-state index contributed by atoms with van der Waals surface area (Å²) in [5, 5.41) is 0. The van der Waals surface area contributed by atoms with Crippen LogP contribution in [0.5, 0.6) is 0 Å². The first-order valence-electron chi connectivity index (χ1n) is 7.23. The van der Waals surface area contributed by atoms with Gasteiger partial charge in [-0.3, -0.25) is 0 Å². The standard InChI is InChI=1S/C21H18/c1-2-9-17-10-8-13-19(16-17)21-15-7-6-14-20(21)18-11-4-3-5-12-18/h2-8,10-16H,1,9H2. The summed E-state index contributed by atoms with van der Waals surface area (Å²) in [6.07, 6.45) is 2.85. The van der Waals surface area contributed by atoms with Crippen molar-refractivity contribution in [1.82, 2.24) is 0 Å². The van der Waals surface area contributed by atoms with Gasteiger partial charge in [-0.05, 0) is 34.2 Å². The number of hydrogen-bond donors (Lipinski definition) is 0. The van der Waals surface area contributed by atoms with Crippen molar-refractivity contribution in [2.75, 3.05) is 0 Å². The van der Waals surface area contributed by atoms with Crippen molar-refractivity contribution in [3.05, 3.63) is 97.1 Å². The molecule has 0 fully saturated rings. The van der Waals surface area contributed by atoms with Crippen LogP contribution in [0.3, 0.4) is 0 Å². The number of benzene rings is 3. The lowest BCUT2D eigenvalue weighted by atomic mass is 9.93. The molecule has 0 aliphatic heterocycles. The summed E-state index contributed by atoms with van der Waals surface area (Å²) >= 11 is 0. The van der Waals surface area contributed by atoms with Crippen molar-refractivity contribution in [3.8, 4) is 22.3 Å². The Bertz CT molecular complexity index is 739. The van der Waals surface area contributed by atoms with E-state index in [-0.39, 0.29) is 0 Å². The van der Waals surface area contributed by atoms with Crippen molar-refractivity contribution in [1.29, 1.82) is 0 Å². The number of rotatable bonds is 4. The summed E-state index contributed by atoms with van der Waals surface area (Å²) in [5.41, 5.74) is 6.35. The van der Waals surface area contributed by atoms with Gasteiger partial charge in [0.1, 0.15) is 0 Å². The topological polar surface area (TPSA) is 0 Å². The fourth-order valence-corrected chi connectivity index (χ4v) is 2.64. The van der Waals surface area contributed by atoms with E-state index in [1.165, 1.54) is 27.8 Å². The molecule has 0 aliphatic carbocycles. The SMILES string of the molecule is C=CCc1cccc(-c2ccccc2-c2ccccc2)c1. The Morgan fingerprint density at radius 3 is 2.00 bits per heavy atom. The van der Waals surface area contributed by atoms with Crippen LogP contribution >= 0.6 is 0 Å². The molecule has 0 heteroatoms. The molecule has 3 aromatic rings. The Morgan fingerprint density at radius 1 is 0.667 bits per heavy atom. The Balaban J connectivity index is 2.11. The number of allylic oxidation sites excluding steroid dienone is 1. The van der Waals surface area contributed by atoms with Crippen LogP contribution in [-0.4, -0.2) is 0 Å². The van der Waals surface area contributed by atoms with Crippen molar-refractivity contribution >= 4 is 0 Å². The molecule has 0 aromatic heterocycles. The van der Waals surface area contributed by atoms with Crippen LogP contribution in [0.4, 0.5) is 0 Å². The van der Waals surface area contributed by atoms with Crippen LogP contribution in [-0.2, 0) is 6.42 Å². The highest BCUT2D eigenvalue weighted by Crippen LogP contribution is 2.32. The third kappa shape index (κ3) is 2.95. The van der Waals surface area contributed by atoms with Gasteiger partial charge in [-0.15, -0.1) is 6.58 Å². The normalized spacial score (nSPS) is 10.3. The molecule has 102 valence electrons. The van der Waals surface area contributed by atoms with Crippen LogP contribution in [0.15, 0.2) is 91.5 Å². The predicted octanol–water partition coefficient (Wildman–Crippen LogP) is 5.75. The zero-order chi connectivity index (χ0) is 14.5. The van der Waals surface area contributed by atoms with Crippen LogP contribution in [0, 0.1) is 0 Å². The fourth-order valence-electron chi connectivity index (χ4n) is 2.64. The van der Waals surface area contributed by atoms with Crippen LogP contribution in [0.2, 0.25) is 0 Å². The minimum Gasteiger partial charge on any atom is -0.103 e. The Kier molecular flexibility index (Phi) is 3.97. The molecule has 0 nitrogen and oxygen atoms in total. The molecule has 0 aliphatic rings. The maximum absolute atomic E-state index is 3.82. The Morgan fingerprint density at radius 2 is 1.29 bits per heavy atom. The molecule has 0 radical (unpaired) electrons. The van der Waals surface area contributed by atoms with E-state index in [0.717, 1.165) is 6.42 Å². The van der Waals surface area contributed by atoms with E-state index >= 15 is 0 Å². The summed E-state index contributed by atoms with van der Waals surface area (Å²) in [6.45, 7) is 3.82. The van der Waals surface area contributed by atoms with E-state index in [2.05, 4.69) is 85.4 Å². The Hall–Kier alpha value is -2.60. The third-order valence-electron chi connectivity index (χ3n) is 3.63. The van der Waals surface area contributed by atoms with Gasteiger partial charge < -0.3 is 0 Å². The molecule has 0 saturated heterocycles. The fraction of sp³-hybridized carbons (Fsp3) is 0.0476. The zero-order valence-electron chi connectivity index (χ0n) is 12.0. The van der Waals surface area contributed by atoms with Crippen molar-refractivity contribution in [3.63, 3.8) is 0 Å². The van der Waals surface area contributed by atoms with E-state index in [0.29, 0.717) is 0 Å². The second-order valence-corrected chi connectivity index (χ2v) is 5.10. The molecule has 0 saturated carbocycles. The van der Waals surface area contributed by atoms with Gasteiger partial charge in [-0.25, -0.2) is 0 Å². The Labute approximate surface area is 126 Å². The molecule has 3 aromatic carbocycles. The second kappa shape index (κ2) is 6.23. The van der Waals surface area contributed by atoms with Gasteiger partial charge in [-0.1, -0.05) is 84.9 Å². The number of hydrogen-bond acceptors (Lipinski definition) is 0. The first-order valence-corrected chi connectivity index (χ1v) is 7.23. The van der Waals surface area contributed by atoms with E-state index in [4.69, 9.17) is 0 Å². The van der Waals surface area contributed by atoms with E-state index in [1.54, 1.807) is 0 Å². The lowest BCUT2D eigenvalue weighted by Crippen LogP contribution is -1.87. The lowest BCUT2D eigenvalue weighted by Gasteiger charge is -2.11. The summed E-state index contributed by atoms with van der Waals surface area (Å²) in [7, 11) is 0. The molecule has 21 heavy (non-hydrogen) atoms. The summed E-state index contributed by atoms with van der Waals surface area (Å²) in [5.74, 6) is 0. The van der Waals surface area contributed by atoms with Crippen LogP contribution < -0.4 is 0 Å². The van der Waals surface area contributed by atoms with Crippen molar-refractivity contribution < 1.29 is 0 Å². The minimum absolute atomic E-state index is 0.904. The van der Waals surface area contributed by atoms with Gasteiger partial charge in [0, 0.05) is 0 Å². The monoisotopic (exact) mass is 270 g/mol. The quantitative estimate of drug-likeness (QED) is 0.529. The van der Waals surface area contributed by atoms with Crippen molar-refractivity contribution in [2.45, 2.75) is 6.42 Å². The third-order valence-corrected chi connectivity index (χ3v) is 3.63. The largest absolute Gasteiger partial charge is 0.103 e. The predicted molar refractivity (Wildman–Crippen MR) is 91.2 cm³/mol. The second-order valence-electron chi connectivity index (χ2n) is 5.10. The molecule has 3 rings (SSSR count). The molecule has 0 atom stereocenters. The zero-order valence-corrected chi connectivity index (χ0v) is 12.0. The van der Waals surface area contributed by atoms with E-state index in [1.807, 2.05) is 6.08 Å². The molecule has 0 spiro atoms. The molecule has 0 unspecified atom stereocenters. The molecule has 0 heterocycles. The molecular weight excluding hydrogens is 252 g/mol. The van der Waals surface area contributed by atoms with Gasteiger partial charge in [-0.2, -0.15) is 0 Å². The van der Waals surface area contributed by atoms with Gasteiger partial charge in [0.05, 0.1) is 0 Å². The summed E-state index contributed by atoms with van der Waals surface area (Å²) in [6, 6.07) is 27.8. The van der Waals surface area contributed by atoms with E-state index in [9.17, 15) is 0 Å². The molecule has 0 amide bonds. The van der Waals surface area contributed by atoms with Gasteiger partial charge in [0.2, 0.25) is 0 Å². The molecule has 0 bridgehead atoms. The van der Waals surface area contributed by atoms with Gasteiger partial charge in [0.15, 0.2) is 0 Å². The highest BCUT2D eigenvalue weighted by molar-refractivity contribution is 5.83. The minimum atomic E-state index is 0.904. The lowest BCUT2D eigenvalue weighted by molar-refractivity contribution is 1.28. The highest BCUT2D eigenvalue weighted by Gasteiger charge is 2.06. The maximum Gasteiger partial charge on any atom is -0.00999 e.